The molecule has 0 saturated carbocycles. The summed E-state index contributed by atoms with van der Waals surface area (Å²) in [6, 6.07) is 7.47. The lowest BCUT2D eigenvalue weighted by molar-refractivity contribution is 0.0988. The zero-order chi connectivity index (χ0) is 13.5. The minimum Gasteiger partial charge on any atom is -0.494 e. The highest BCUT2D eigenvalue weighted by atomic mass is 16.5. The number of nitrogens with zero attached hydrogens (tertiary/aromatic N) is 1. The van der Waals surface area contributed by atoms with Gasteiger partial charge in [0.05, 0.1) is 6.61 Å². The molecule has 0 N–H and O–H groups in total. The second kappa shape index (κ2) is 7.29. The van der Waals surface area contributed by atoms with E-state index in [1.165, 1.54) is 25.9 Å². The van der Waals surface area contributed by atoms with Crippen molar-refractivity contribution in [1.82, 2.24) is 4.90 Å². The molecule has 0 bridgehead atoms. The molecule has 3 heteroatoms. The van der Waals surface area contributed by atoms with Crippen LogP contribution in [0.2, 0.25) is 0 Å². The third-order valence-corrected chi connectivity index (χ3v) is 3.58. The van der Waals surface area contributed by atoms with Crippen LogP contribution in [0.25, 0.3) is 0 Å². The number of Topliss-reactive ketones (excluding diaryl/α,β-unsaturated/α-hetero) is 1. The molecule has 1 aromatic carbocycles. The summed E-state index contributed by atoms with van der Waals surface area (Å²) < 4.78 is 5.70. The van der Waals surface area contributed by atoms with Gasteiger partial charge in [-0.3, -0.25) is 4.79 Å². The molecular weight excluding hydrogens is 238 g/mol. The van der Waals surface area contributed by atoms with Gasteiger partial charge in [0.25, 0.3) is 0 Å². The van der Waals surface area contributed by atoms with Crippen molar-refractivity contribution >= 4 is 5.78 Å². The Bertz CT molecular complexity index is 394. The van der Waals surface area contributed by atoms with Crippen molar-refractivity contribution in [2.75, 3.05) is 26.2 Å². The number of benzene rings is 1. The fraction of sp³-hybridized carbons (Fsp3) is 0.562. The van der Waals surface area contributed by atoms with E-state index in [9.17, 15) is 4.79 Å². The number of ketones is 1. The van der Waals surface area contributed by atoms with E-state index in [0.717, 1.165) is 30.9 Å². The van der Waals surface area contributed by atoms with Crippen LogP contribution < -0.4 is 4.74 Å². The summed E-state index contributed by atoms with van der Waals surface area (Å²) in [4.78, 5) is 14.0. The van der Waals surface area contributed by atoms with E-state index in [4.69, 9.17) is 4.74 Å². The molecule has 1 fully saturated rings. The molecule has 2 rings (SSSR count). The van der Waals surface area contributed by atoms with Crippen molar-refractivity contribution in [3.05, 3.63) is 29.8 Å². The second-order valence-electron chi connectivity index (χ2n) is 5.05. The normalized spacial score (nSPS) is 15.6. The lowest BCUT2D eigenvalue weighted by Crippen LogP contribution is -2.21. The van der Waals surface area contributed by atoms with Crippen LogP contribution in [0.3, 0.4) is 0 Å². The zero-order valence-electron chi connectivity index (χ0n) is 11.7. The van der Waals surface area contributed by atoms with Gasteiger partial charge >= 0.3 is 0 Å². The topological polar surface area (TPSA) is 29.5 Å². The molecule has 0 atom stereocenters. The van der Waals surface area contributed by atoms with Crippen LogP contribution >= 0.6 is 0 Å². The fourth-order valence-corrected chi connectivity index (χ4v) is 2.43. The monoisotopic (exact) mass is 261 g/mol. The molecule has 0 amide bonds. The third-order valence-electron chi connectivity index (χ3n) is 3.58. The first-order chi connectivity index (χ1) is 9.29. The maximum Gasteiger partial charge on any atom is 0.162 e. The van der Waals surface area contributed by atoms with Crippen LogP contribution in [-0.4, -0.2) is 36.9 Å². The molecule has 19 heavy (non-hydrogen) atoms. The van der Waals surface area contributed by atoms with Gasteiger partial charge in [0.2, 0.25) is 0 Å². The average Bonchev–Trinajstić information content (AvgIpc) is 2.96. The molecule has 1 aliphatic heterocycles. The molecule has 0 unspecified atom stereocenters. The SMILES string of the molecule is CCC(=O)c1ccc(OCCCN2CCCC2)cc1. The first kappa shape index (κ1) is 14.1. The highest BCUT2D eigenvalue weighted by Crippen LogP contribution is 2.14. The van der Waals surface area contributed by atoms with E-state index < -0.39 is 0 Å². The quantitative estimate of drug-likeness (QED) is 0.558. The highest BCUT2D eigenvalue weighted by molar-refractivity contribution is 5.95. The number of carbonyl (C=O) groups is 1. The van der Waals surface area contributed by atoms with E-state index in [0.29, 0.717) is 6.42 Å². The zero-order valence-corrected chi connectivity index (χ0v) is 11.7. The summed E-state index contributed by atoms with van der Waals surface area (Å²) in [5, 5.41) is 0. The van der Waals surface area contributed by atoms with E-state index in [-0.39, 0.29) is 5.78 Å². The lowest BCUT2D eigenvalue weighted by Gasteiger charge is -2.14. The minimum absolute atomic E-state index is 0.181. The van der Waals surface area contributed by atoms with Crippen molar-refractivity contribution in [1.29, 1.82) is 0 Å². The summed E-state index contributed by atoms with van der Waals surface area (Å²) in [5.41, 5.74) is 0.770. The maximum absolute atomic E-state index is 11.5. The van der Waals surface area contributed by atoms with Gasteiger partial charge in [-0.2, -0.15) is 0 Å². The summed E-state index contributed by atoms with van der Waals surface area (Å²) in [5.74, 6) is 1.04. The first-order valence-electron chi connectivity index (χ1n) is 7.28. The van der Waals surface area contributed by atoms with E-state index >= 15 is 0 Å². The largest absolute Gasteiger partial charge is 0.494 e. The molecular formula is C16H23NO2. The lowest BCUT2D eigenvalue weighted by atomic mass is 10.1. The number of hydrogen-bond acceptors (Lipinski definition) is 3. The number of likely N-dealkylation sites (tertiary alicyclic amines) is 1. The van der Waals surface area contributed by atoms with Crippen LogP contribution in [0.15, 0.2) is 24.3 Å². The molecule has 104 valence electrons. The summed E-state index contributed by atoms with van der Waals surface area (Å²) in [6.07, 6.45) is 4.30. The Morgan fingerprint density at radius 2 is 1.89 bits per heavy atom. The minimum atomic E-state index is 0.181. The predicted octanol–water partition coefficient (Wildman–Crippen LogP) is 3.14. The maximum atomic E-state index is 11.5. The third kappa shape index (κ3) is 4.35. The number of rotatable bonds is 7. The van der Waals surface area contributed by atoms with Crippen LogP contribution in [0, 0.1) is 0 Å². The standard InChI is InChI=1S/C16H23NO2/c1-2-16(18)14-6-8-15(9-7-14)19-13-5-12-17-10-3-4-11-17/h6-9H,2-5,10-13H2,1H3. The predicted molar refractivity (Wildman–Crippen MR) is 76.8 cm³/mol. The Balaban J connectivity index is 1.69. The Morgan fingerprint density at radius 1 is 1.21 bits per heavy atom. The number of ether oxygens (including phenoxy) is 1. The van der Waals surface area contributed by atoms with Gasteiger partial charge in [-0.15, -0.1) is 0 Å². The second-order valence-corrected chi connectivity index (χ2v) is 5.05. The van der Waals surface area contributed by atoms with Gasteiger partial charge in [0.15, 0.2) is 5.78 Å². The highest BCUT2D eigenvalue weighted by Gasteiger charge is 2.10. The van der Waals surface area contributed by atoms with Gasteiger partial charge in [0.1, 0.15) is 5.75 Å². The van der Waals surface area contributed by atoms with Gasteiger partial charge in [-0.25, -0.2) is 0 Å². The Hall–Kier alpha value is -1.35. The van der Waals surface area contributed by atoms with Crippen LogP contribution in [0.5, 0.6) is 5.75 Å². The first-order valence-corrected chi connectivity index (χ1v) is 7.28. The molecule has 1 saturated heterocycles. The molecule has 0 spiro atoms. The van der Waals surface area contributed by atoms with Crippen molar-refractivity contribution < 1.29 is 9.53 Å². The van der Waals surface area contributed by atoms with E-state index in [2.05, 4.69) is 4.90 Å². The smallest absolute Gasteiger partial charge is 0.162 e. The number of carbonyl (C=O) groups excluding carboxylic acids is 1. The fourth-order valence-electron chi connectivity index (χ4n) is 2.43. The molecule has 1 aromatic rings. The average molecular weight is 261 g/mol. The van der Waals surface area contributed by atoms with Crippen molar-refractivity contribution in [2.45, 2.75) is 32.6 Å². The van der Waals surface area contributed by atoms with Gasteiger partial charge in [0, 0.05) is 18.5 Å². The van der Waals surface area contributed by atoms with E-state index in [1.807, 2.05) is 31.2 Å². The summed E-state index contributed by atoms with van der Waals surface area (Å²) >= 11 is 0. The van der Waals surface area contributed by atoms with Gasteiger partial charge in [-0.05, 0) is 56.6 Å². The molecule has 1 aliphatic rings. The summed E-state index contributed by atoms with van der Waals surface area (Å²) in [7, 11) is 0. The Labute approximate surface area is 115 Å². The van der Waals surface area contributed by atoms with Crippen molar-refractivity contribution in [3.63, 3.8) is 0 Å². The van der Waals surface area contributed by atoms with Crippen molar-refractivity contribution in [3.8, 4) is 5.75 Å². The van der Waals surface area contributed by atoms with Crippen LogP contribution in [0.1, 0.15) is 43.0 Å². The molecule has 1 heterocycles. The summed E-state index contributed by atoms with van der Waals surface area (Å²) in [6.45, 7) is 6.25. The van der Waals surface area contributed by atoms with Crippen molar-refractivity contribution in [2.24, 2.45) is 0 Å². The number of hydrogen-bond donors (Lipinski definition) is 0. The molecule has 0 aromatic heterocycles. The van der Waals surface area contributed by atoms with Crippen LogP contribution in [-0.2, 0) is 0 Å². The molecule has 0 aliphatic carbocycles. The Kier molecular flexibility index (Phi) is 5.40. The van der Waals surface area contributed by atoms with Gasteiger partial charge in [-0.1, -0.05) is 6.92 Å². The van der Waals surface area contributed by atoms with Gasteiger partial charge < -0.3 is 9.64 Å². The van der Waals surface area contributed by atoms with E-state index in [1.54, 1.807) is 0 Å². The Morgan fingerprint density at radius 3 is 2.53 bits per heavy atom. The van der Waals surface area contributed by atoms with Crippen LogP contribution in [0.4, 0.5) is 0 Å². The molecule has 3 nitrogen and oxygen atoms in total. The molecule has 0 radical (unpaired) electrons.